The van der Waals surface area contributed by atoms with Crippen molar-refractivity contribution < 1.29 is 4.92 Å². The molecule has 2 aromatic carbocycles. The quantitative estimate of drug-likeness (QED) is 0.514. The molecule has 2 heterocycles. The van der Waals surface area contributed by atoms with Crippen LogP contribution in [0.15, 0.2) is 60.8 Å². The predicted octanol–water partition coefficient (Wildman–Crippen LogP) is 3.46. The van der Waals surface area contributed by atoms with Crippen LogP contribution in [-0.4, -0.2) is 45.9 Å². The third-order valence-corrected chi connectivity index (χ3v) is 5.12. The Kier molecular flexibility index (Phi) is 5.09. The number of hydrogen-bond donors (Lipinski definition) is 0. The van der Waals surface area contributed by atoms with Gasteiger partial charge in [0.2, 0.25) is 0 Å². The minimum Gasteiger partial charge on any atom is -0.297 e. The molecule has 1 aliphatic heterocycles. The first kappa shape index (κ1) is 17.6. The Morgan fingerprint density at radius 2 is 1.67 bits per heavy atom. The van der Waals surface area contributed by atoms with Gasteiger partial charge in [-0.25, -0.2) is 0 Å². The SMILES string of the molecule is O=[N+]([O-])c1cccc(CN2CCN(Cc3nccc4ccccc34)CC2)c1. The van der Waals surface area contributed by atoms with Crippen molar-refractivity contribution in [3.8, 4) is 0 Å². The number of nitro groups is 1. The third kappa shape index (κ3) is 4.13. The molecule has 0 amide bonds. The lowest BCUT2D eigenvalue weighted by Gasteiger charge is -2.34. The van der Waals surface area contributed by atoms with Crippen LogP contribution >= 0.6 is 0 Å². The molecule has 3 aromatic rings. The van der Waals surface area contributed by atoms with Crippen LogP contribution in [0.5, 0.6) is 0 Å². The second-order valence-corrected chi connectivity index (χ2v) is 6.96. The predicted molar refractivity (Wildman–Crippen MR) is 105 cm³/mol. The van der Waals surface area contributed by atoms with Gasteiger partial charge in [-0.15, -0.1) is 0 Å². The number of nitro benzene ring substituents is 1. The Morgan fingerprint density at radius 1 is 0.926 bits per heavy atom. The van der Waals surface area contributed by atoms with Crippen LogP contribution in [0.2, 0.25) is 0 Å². The van der Waals surface area contributed by atoms with Gasteiger partial charge >= 0.3 is 0 Å². The van der Waals surface area contributed by atoms with E-state index in [9.17, 15) is 10.1 Å². The van der Waals surface area contributed by atoms with E-state index in [-0.39, 0.29) is 10.6 Å². The summed E-state index contributed by atoms with van der Waals surface area (Å²) >= 11 is 0. The van der Waals surface area contributed by atoms with Crippen LogP contribution in [0.3, 0.4) is 0 Å². The molecule has 6 nitrogen and oxygen atoms in total. The first-order valence-electron chi connectivity index (χ1n) is 9.20. The van der Waals surface area contributed by atoms with Crippen molar-refractivity contribution in [2.24, 2.45) is 0 Å². The molecule has 0 aliphatic carbocycles. The van der Waals surface area contributed by atoms with Crippen molar-refractivity contribution in [1.29, 1.82) is 0 Å². The van der Waals surface area contributed by atoms with Gasteiger partial charge in [-0.3, -0.25) is 24.9 Å². The maximum Gasteiger partial charge on any atom is 0.269 e. The lowest BCUT2D eigenvalue weighted by atomic mass is 10.1. The van der Waals surface area contributed by atoms with Crippen LogP contribution in [0, 0.1) is 10.1 Å². The summed E-state index contributed by atoms with van der Waals surface area (Å²) in [5.74, 6) is 0. The molecular weight excluding hydrogens is 340 g/mol. The van der Waals surface area contributed by atoms with Crippen molar-refractivity contribution >= 4 is 16.5 Å². The summed E-state index contributed by atoms with van der Waals surface area (Å²) in [6, 6.07) is 17.4. The van der Waals surface area contributed by atoms with E-state index in [1.54, 1.807) is 18.2 Å². The Balaban J connectivity index is 1.36. The zero-order valence-electron chi connectivity index (χ0n) is 15.1. The topological polar surface area (TPSA) is 62.5 Å². The Hall–Kier alpha value is -2.83. The molecule has 0 spiro atoms. The van der Waals surface area contributed by atoms with Crippen LogP contribution in [0.1, 0.15) is 11.3 Å². The zero-order valence-corrected chi connectivity index (χ0v) is 15.1. The van der Waals surface area contributed by atoms with Crippen LogP contribution in [0.25, 0.3) is 10.8 Å². The standard InChI is InChI=1S/C21H22N4O2/c26-25(27)19-6-3-4-17(14-19)15-23-10-12-24(13-11-23)16-21-20-7-2-1-5-18(20)8-9-22-21/h1-9,14H,10-13,15-16H2. The van der Waals surface area contributed by atoms with E-state index < -0.39 is 0 Å². The fourth-order valence-corrected chi connectivity index (χ4v) is 3.65. The maximum absolute atomic E-state index is 10.9. The van der Waals surface area contributed by atoms with E-state index >= 15 is 0 Å². The number of non-ortho nitro benzene ring substituents is 1. The molecule has 27 heavy (non-hydrogen) atoms. The monoisotopic (exact) mass is 362 g/mol. The molecule has 6 heteroatoms. The summed E-state index contributed by atoms with van der Waals surface area (Å²) in [7, 11) is 0. The van der Waals surface area contributed by atoms with Gasteiger partial charge in [-0.05, 0) is 17.0 Å². The number of nitrogens with zero attached hydrogens (tertiary/aromatic N) is 4. The average Bonchev–Trinajstić information content (AvgIpc) is 2.70. The molecule has 0 radical (unpaired) electrons. The summed E-state index contributed by atoms with van der Waals surface area (Å²) in [6.07, 6.45) is 1.89. The highest BCUT2D eigenvalue weighted by atomic mass is 16.6. The second kappa shape index (κ2) is 7.82. The fraction of sp³-hybridized carbons (Fsp3) is 0.286. The van der Waals surface area contributed by atoms with Crippen LogP contribution in [-0.2, 0) is 13.1 Å². The number of benzene rings is 2. The number of hydrogen-bond acceptors (Lipinski definition) is 5. The molecule has 4 rings (SSSR count). The van der Waals surface area contributed by atoms with Crippen molar-refractivity contribution in [2.75, 3.05) is 26.2 Å². The first-order valence-corrected chi connectivity index (χ1v) is 9.20. The molecule has 0 atom stereocenters. The van der Waals surface area contributed by atoms with E-state index in [0.717, 1.165) is 50.5 Å². The molecule has 1 saturated heterocycles. The molecule has 0 saturated carbocycles. The highest BCUT2D eigenvalue weighted by molar-refractivity contribution is 5.84. The minimum absolute atomic E-state index is 0.160. The van der Waals surface area contributed by atoms with Crippen molar-refractivity contribution in [3.05, 3.63) is 82.2 Å². The van der Waals surface area contributed by atoms with Gasteiger partial charge in [0.15, 0.2) is 0 Å². The summed E-state index contributed by atoms with van der Waals surface area (Å²) in [4.78, 5) is 20.0. The number of pyridine rings is 1. The first-order chi connectivity index (χ1) is 13.2. The largest absolute Gasteiger partial charge is 0.297 e. The minimum atomic E-state index is -0.335. The van der Waals surface area contributed by atoms with Gasteiger partial charge in [-0.1, -0.05) is 36.4 Å². The highest BCUT2D eigenvalue weighted by Gasteiger charge is 2.19. The highest BCUT2D eigenvalue weighted by Crippen LogP contribution is 2.19. The molecule has 0 unspecified atom stereocenters. The number of rotatable bonds is 5. The molecule has 0 N–H and O–H groups in total. The van der Waals surface area contributed by atoms with Gasteiger partial charge in [-0.2, -0.15) is 0 Å². The third-order valence-electron chi connectivity index (χ3n) is 5.12. The summed E-state index contributed by atoms with van der Waals surface area (Å²) in [5, 5.41) is 13.4. The van der Waals surface area contributed by atoms with Gasteiger partial charge in [0.05, 0.1) is 10.6 Å². The number of fused-ring (bicyclic) bond motifs is 1. The lowest BCUT2D eigenvalue weighted by molar-refractivity contribution is -0.384. The number of piperazine rings is 1. The summed E-state index contributed by atoms with van der Waals surface area (Å²) in [5.41, 5.74) is 2.28. The molecule has 1 aliphatic rings. The number of aromatic nitrogens is 1. The summed E-state index contributed by atoms with van der Waals surface area (Å²) < 4.78 is 0. The van der Waals surface area contributed by atoms with E-state index in [1.807, 2.05) is 12.3 Å². The maximum atomic E-state index is 10.9. The molecule has 1 aromatic heterocycles. The normalized spacial score (nSPS) is 15.9. The summed E-state index contributed by atoms with van der Waals surface area (Å²) in [6.45, 7) is 5.45. The Labute approximate surface area is 158 Å². The van der Waals surface area contributed by atoms with Gasteiger partial charge in [0, 0.05) is 63.0 Å². The van der Waals surface area contributed by atoms with E-state index in [0.29, 0.717) is 0 Å². The van der Waals surface area contributed by atoms with Gasteiger partial charge in [0.1, 0.15) is 0 Å². The zero-order chi connectivity index (χ0) is 18.6. The van der Waals surface area contributed by atoms with E-state index in [1.165, 1.54) is 10.8 Å². The molecule has 1 fully saturated rings. The smallest absolute Gasteiger partial charge is 0.269 e. The van der Waals surface area contributed by atoms with Gasteiger partial charge in [0.25, 0.3) is 5.69 Å². The van der Waals surface area contributed by atoms with Crippen molar-refractivity contribution in [1.82, 2.24) is 14.8 Å². The molecule has 138 valence electrons. The van der Waals surface area contributed by atoms with E-state index in [2.05, 4.69) is 45.1 Å². The van der Waals surface area contributed by atoms with Crippen LogP contribution in [0.4, 0.5) is 5.69 Å². The Bertz CT molecular complexity index is 946. The van der Waals surface area contributed by atoms with Crippen LogP contribution < -0.4 is 0 Å². The Morgan fingerprint density at radius 3 is 2.44 bits per heavy atom. The van der Waals surface area contributed by atoms with Crippen molar-refractivity contribution in [3.63, 3.8) is 0 Å². The average molecular weight is 362 g/mol. The fourth-order valence-electron chi connectivity index (χ4n) is 3.65. The lowest BCUT2D eigenvalue weighted by Crippen LogP contribution is -2.45. The second-order valence-electron chi connectivity index (χ2n) is 6.96. The molecular formula is C21H22N4O2. The van der Waals surface area contributed by atoms with Crippen molar-refractivity contribution in [2.45, 2.75) is 13.1 Å². The van der Waals surface area contributed by atoms with Gasteiger partial charge < -0.3 is 0 Å². The molecule has 0 bridgehead atoms. The van der Waals surface area contributed by atoms with E-state index in [4.69, 9.17) is 0 Å².